The fourth-order valence-electron chi connectivity index (χ4n) is 0. The fraction of sp³-hybridized carbons (Fsp3) is 1.00. The predicted molar refractivity (Wildman–Crippen MR) is 25.7 cm³/mol. The van der Waals surface area contributed by atoms with Gasteiger partial charge >= 0.3 is 0 Å². The Morgan fingerprint density at radius 2 is 2.00 bits per heavy atom. The van der Waals surface area contributed by atoms with Gasteiger partial charge in [-0.3, -0.25) is 0 Å². The molecule has 3 heteroatoms. The van der Waals surface area contributed by atoms with Crippen LogP contribution in [0, 0.1) is 0 Å². The predicted octanol–water partition coefficient (Wildman–Crippen LogP) is 1.61. The van der Waals surface area contributed by atoms with Crippen molar-refractivity contribution in [1.82, 2.24) is 0 Å². The molecule has 0 aliphatic heterocycles. The van der Waals surface area contributed by atoms with E-state index in [1.807, 2.05) is 0 Å². The van der Waals surface area contributed by atoms with Gasteiger partial charge in [-0.1, -0.05) is 11.6 Å². The van der Waals surface area contributed by atoms with Crippen molar-refractivity contribution in [3.8, 4) is 0 Å². The van der Waals surface area contributed by atoms with Gasteiger partial charge in [0.15, 0.2) is 5.06 Å². The third-order valence-electron chi connectivity index (χ3n) is 0.239. The summed E-state index contributed by atoms with van der Waals surface area (Å²) in [5, 5.41) is 8.64. The minimum Gasteiger partial charge on any atom is -0.211 e. The Kier molecular flexibility index (Phi) is 2.19. The normalized spacial score (nSPS) is 20.0. The average molecular weight is 128 g/mol. The maximum atomic E-state index is 10.1. The quantitative estimate of drug-likeness (QED) is 0.478. The highest BCUT2D eigenvalue weighted by Gasteiger charge is 2.14. The summed E-state index contributed by atoms with van der Waals surface area (Å²) in [6.07, 6.45) is 0. The Balaban J connectivity index is 3.17. The molecule has 37 valence electrons. The largest absolute Gasteiger partial charge is 0.211 e. The topological polar surface area (TPSA) is 19.9 Å². The minimum absolute atomic E-state index is 0.0471. The number of hydrogen-bond acceptors (Lipinski definition) is 0. The van der Waals surface area contributed by atoms with Crippen LogP contribution in [0.25, 0.3) is 0 Å². The maximum absolute atomic E-state index is 10.1. The molecular formula is C3H5Cl2O. The summed E-state index contributed by atoms with van der Waals surface area (Å²) in [5.41, 5.74) is 0. The Bertz CT molecular complexity index is 38.5. The van der Waals surface area contributed by atoms with E-state index >= 15 is 0 Å². The van der Waals surface area contributed by atoms with Gasteiger partial charge in [0, 0.05) is 0 Å². The molecule has 0 saturated carbocycles. The second-order valence-corrected chi connectivity index (χ2v) is 2.30. The van der Waals surface area contributed by atoms with E-state index in [-0.39, 0.29) is 5.88 Å². The van der Waals surface area contributed by atoms with Crippen molar-refractivity contribution in [1.29, 1.82) is 0 Å². The van der Waals surface area contributed by atoms with E-state index < -0.39 is 5.06 Å². The highest BCUT2D eigenvalue weighted by molar-refractivity contribution is 6.29. The molecule has 6 heavy (non-hydrogen) atoms. The van der Waals surface area contributed by atoms with Crippen LogP contribution in [0.1, 0.15) is 6.92 Å². The van der Waals surface area contributed by atoms with Crippen molar-refractivity contribution in [2.24, 2.45) is 0 Å². The van der Waals surface area contributed by atoms with Crippen molar-refractivity contribution in [3.05, 3.63) is 0 Å². The standard InChI is InChI=1S/C3H5Cl2O/c1-3(5,6)2-4/h2H2,1H3. The zero-order valence-corrected chi connectivity index (χ0v) is 4.88. The Morgan fingerprint density at radius 3 is 2.00 bits per heavy atom. The lowest BCUT2D eigenvalue weighted by Gasteiger charge is -2.02. The summed E-state index contributed by atoms with van der Waals surface area (Å²) in [4.78, 5) is 0. The van der Waals surface area contributed by atoms with Gasteiger partial charge in [-0.25, -0.2) is 5.11 Å². The molecule has 0 aromatic carbocycles. The molecular weight excluding hydrogens is 123 g/mol. The van der Waals surface area contributed by atoms with Crippen molar-refractivity contribution in [2.45, 2.75) is 12.0 Å². The number of alkyl halides is 2. The molecule has 0 aliphatic rings. The van der Waals surface area contributed by atoms with Gasteiger partial charge in [-0.15, -0.1) is 11.6 Å². The molecule has 0 bridgehead atoms. The van der Waals surface area contributed by atoms with Gasteiger partial charge in [-0.2, -0.15) is 0 Å². The Morgan fingerprint density at radius 1 is 1.83 bits per heavy atom. The van der Waals surface area contributed by atoms with E-state index in [1.54, 1.807) is 0 Å². The Hall–Kier alpha value is 0.540. The molecule has 0 saturated heterocycles. The smallest absolute Gasteiger partial charge is 0.187 e. The molecule has 0 spiro atoms. The van der Waals surface area contributed by atoms with Crippen LogP contribution in [-0.4, -0.2) is 10.9 Å². The first-order valence-corrected chi connectivity index (χ1v) is 2.43. The first-order valence-electron chi connectivity index (χ1n) is 1.51. The van der Waals surface area contributed by atoms with Crippen LogP contribution in [-0.2, 0) is 5.11 Å². The lowest BCUT2D eigenvalue weighted by Crippen LogP contribution is -2.13. The van der Waals surface area contributed by atoms with Crippen LogP contribution >= 0.6 is 23.2 Å². The Labute approximate surface area is 46.9 Å². The third kappa shape index (κ3) is 4.54. The highest BCUT2D eigenvalue weighted by atomic mass is 35.5. The molecule has 0 aromatic rings. The van der Waals surface area contributed by atoms with E-state index in [1.165, 1.54) is 6.92 Å². The van der Waals surface area contributed by atoms with Crippen LogP contribution in [0.4, 0.5) is 0 Å². The van der Waals surface area contributed by atoms with Gasteiger partial charge in [0.1, 0.15) is 0 Å². The zero-order valence-electron chi connectivity index (χ0n) is 3.37. The van der Waals surface area contributed by atoms with E-state index in [0.717, 1.165) is 0 Å². The molecule has 0 fully saturated rings. The van der Waals surface area contributed by atoms with Crippen molar-refractivity contribution < 1.29 is 5.11 Å². The lowest BCUT2D eigenvalue weighted by molar-refractivity contribution is 0.0849. The maximum Gasteiger partial charge on any atom is 0.187 e. The van der Waals surface area contributed by atoms with Gasteiger partial charge in [0.2, 0.25) is 0 Å². The molecule has 1 atom stereocenters. The van der Waals surface area contributed by atoms with E-state index in [0.29, 0.717) is 0 Å². The van der Waals surface area contributed by atoms with E-state index in [9.17, 15) is 5.11 Å². The molecule has 0 amide bonds. The van der Waals surface area contributed by atoms with Gasteiger partial charge in [-0.05, 0) is 6.92 Å². The van der Waals surface area contributed by atoms with E-state index in [2.05, 4.69) is 0 Å². The first kappa shape index (κ1) is 6.54. The van der Waals surface area contributed by atoms with Crippen LogP contribution in [0.5, 0.6) is 0 Å². The highest BCUT2D eigenvalue weighted by Crippen LogP contribution is 2.10. The number of hydrogen-bond donors (Lipinski definition) is 0. The third-order valence-corrected chi connectivity index (χ3v) is 1.02. The van der Waals surface area contributed by atoms with Crippen LogP contribution in [0.2, 0.25) is 0 Å². The summed E-state index contributed by atoms with van der Waals surface area (Å²) in [6, 6.07) is 0. The molecule has 0 rings (SSSR count). The minimum atomic E-state index is -1.47. The van der Waals surface area contributed by atoms with Gasteiger partial charge in [0.25, 0.3) is 0 Å². The first-order chi connectivity index (χ1) is 2.56. The van der Waals surface area contributed by atoms with Gasteiger partial charge < -0.3 is 0 Å². The second kappa shape index (κ2) is 2.01. The molecule has 0 N–H and O–H groups in total. The number of rotatable bonds is 1. The zero-order chi connectivity index (χ0) is 5.21. The second-order valence-electron chi connectivity index (χ2n) is 1.24. The average Bonchev–Trinajstić information content (AvgIpc) is 1.35. The number of halogens is 2. The van der Waals surface area contributed by atoms with Crippen molar-refractivity contribution in [2.75, 3.05) is 5.88 Å². The van der Waals surface area contributed by atoms with Crippen LogP contribution < -0.4 is 0 Å². The molecule has 0 aliphatic carbocycles. The molecule has 0 aromatic heterocycles. The van der Waals surface area contributed by atoms with Crippen molar-refractivity contribution >= 4 is 23.2 Å². The molecule has 1 unspecified atom stereocenters. The van der Waals surface area contributed by atoms with Crippen molar-refractivity contribution in [3.63, 3.8) is 0 Å². The van der Waals surface area contributed by atoms with E-state index in [4.69, 9.17) is 23.2 Å². The summed E-state index contributed by atoms with van der Waals surface area (Å²) in [5.74, 6) is -0.0471. The van der Waals surface area contributed by atoms with Crippen LogP contribution in [0.15, 0.2) is 0 Å². The summed E-state index contributed by atoms with van der Waals surface area (Å²) in [7, 11) is 0. The van der Waals surface area contributed by atoms with Crippen LogP contribution in [0.3, 0.4) is 0 Å². The molecule has 1 radical (unpaired) electrons. The summed E-state index contributed by atoms with van der Waals surface area (Å²) < 4.78 is 0. The molecule has 0 heterocycles. The SMILES string of the molecule is CC([O])(Cl)CCl. The molecule has 1 nitrogen and oxygen atoms in total. The van der Waals surface area contributed by atoms with Gasteiger partial charge in [0.05, 0.1) is 5.88 Å². The summed E-state index contributed by atoms with van der Waals surface area (Å²) in [6.45, 7) is 1.32. The fourth-order valence-corrected chi connectivity index (χ4v) is 0. The lowest BCUT2D eigenvalue weighted by atomic mass is 10.5. The summed E-state index contributed by atoms with van der Waals surface area (Å²) >= 11 is 10.1. The monoisotopic (exact) mass is 127 g/mol.